The van der Waals surface area contributed by atoms with Crippen LogP contribution in [-0.2, 0) is 14.8 Å². The van der Waals surface area contributed by atoms with E-state index in [1.807, 2.05) is 0 Å². The molecule has 2 heterocycles. The molecule has 1 fully saturated rings. The van der Waals surface area contributed by atoms with E-state index in [9.17, 15) is 12.8 Å². The maximum absolute atomic E-state index is 13.0. The Morgan fingerprint density at radius 2 is 2.33 bits per heavy atom. The molecule has 1 saturated heterocycles. The summed E-state index contributed by atoms with van der Waals surface area (Å²) >= 11 is 0. The average molecular weight is 274 g/mol. The SMILES string of the molecule is C[C@H](NS(=O)(=O)c1cncc(F)c1)[C@@H]1CCCO1. The summed E-state index contributed by atoms with van der Waals surface area (Å²) in [6.07, 6.45) is 3.71. The van der Waals surface area contributed by atoms with Crippen molar-refractivity contribution in [3.8, 4) is 0 Å². The molecular weight excluding hydrogens is 259 g/mol. The van der Waals surface area contributed by atoms with Gasteiger partial charge in [0.2, 0.25) is 10.0 Å². The highest BCUT2D eigenvalue weighted by molar-refractivity contribution is 7.89. The van der Waals surface area contributed by atoms with E-state index in [1.165, 1.54) is 0 Å². The van der Waals surface area contributed by atoms with E-state index in [2.05, 4.69) is 9.71 Å². The number of aromatic nitrogens is 1. The molecule has 0 saturated carbocycles. The second-order valence-electron chi connectivity index (χ2n) is 4.30. The van der Waals surface area contributed by atoms with E-state index in [0.29, 0.717) is 6.61 Å². The topological polar surface area (TPSA) is 68.3 Å². The van der Waals surface area contributed by atoms with Crippen molar-refractivity contribution in [1.29, 1.82) is 0 Å². The number of ether oxygens (including phenoxy) is 1. The van der Waals surface area contributed by atoms with E-state index in [0.717, 1.165) is 31.3 Å². The zero-order chi connectivity index (χ0) is 13.2. The van der Waals surface area contributed by atoms with Crippen molar-refractivity contribution in [3.05, 3.63) is 24.3 Å². The van der Waals surface area contributed by atoms with Gasteiger partial charge < -0.3 is 4.74 Å². The quantitative estimate of drug-likeness (QED) is 0.891. The van der Waals surface area contributed by atoms with Gasteiger partial charge >= 0.3 is 0 Å². The summed E-state index contributed by atoms with van der Waals surface area (Å²) in [6, 6.07) is 0.596. The number of nitrogens with zero attached hydrogens (tertiary/aromatic N) is 1. The molecule has 18 heavy (non-hydrogen) atoms. The summed E-state index contributed by atoms with van der Waals surface area (Å²) in [7, 11) is -3.75. The summed E-state index contributed by atoms with van der Waals surface area (Å²) in [4.78, 5) is 3.36. The maximum Gasteiger partial charge on any atom is 0.242 e. The van der Waals surface area contributed by atoms with E-state index >= 15 is 0 Å². The van der Waals surface area contributed by atoms with Gasteiger partial charge in [-0.05, 0) is 25.8 Å². The summed E-state index contributed by atoms with van der Waals surface area (Å²) in [6.45, 7) is 2.39. The summed E-state index contributed by atoms with van der Waals surface area (Å²) < 4.78 is 44.8. The smallest absolute Gasteiger partial charge is 0.242 e. The first-order chi connectivity index (χ1) is 8.49. The molecular formula is C11H15FN2O3S. The van der Waals surface area contributed by atoms with Crippen LogP contribution in [0.3, 0.4) is 0 Å². The van der Waals surface area contributed by atoms with Crippen LogP contribution in [0.25, 0.3) is 0 Å². The third-order valence-electron chi connectivity index (χ3n) is 2.85. The zero-order valence-electron chi connectivity index (χ0n) is 9.97. The van der Waals surface area contributed by atoms with Crippen molar-refractivity contribution in [2.75, 3.05) is 6.61 Å². The molecule has 7 heteroatoms. The summed E-state index contributed by atoms with van der Waals surface area (Å²) in [5, 5.41) is 0. The molecule has 5 nitrogen and oxygen atoms in total. The molecule has 0 radical (unpaired) electrons. The fourth-order valence-corrected chi connectivity index (χ4v) is 3.17. The van der Waals surface area contributed by atoms with Crippen molar-refractivity contribution >= 4 is 10.0 Å². The Bertz CT molecular complexity index is 515. The minimum absolute atomic E-state index is 0.124. The first-order valence-corrected chi connectivity index (χ1v) is 7.22. The number of sulfonamides is 1. The predicted octanol–water partition coefficient (Wildman–Crippen LogP) is 1.07. The molecule has 0 unspecified atom stereocenters. The van der Waals surface area contributed by atoms with E-state index in [4.69, 9.17) is 4.74 Å². The largest absolute Gasteiger partial charge is 0.377 e. The van der Waals surface area contributed by atoms with Gasteiger partial charge in [-0.15, -0.1) is 0 Å². The van der Waals surface area contributed by atoms with Gasteiger partial charge in [0.25, 0.3) is 0 Å². The minimum Gasteiger partial charge on any atom is -0.377 e. The lowest BCUT2D eigenvalue weighted by atomic mass is 10.1. The number of hydrogen-bond acceptors (Lipinski definition) is 4. The Balaban J connectivity index is 2.11. The van der Waals surface area contributed by atoms with Crippen molar-refractivity contribution in [2.24, 2.45) is 0 Å². The van der Waals surface area contributed by atoms with Crippen LogP contribution in [0, 0.1) is 5.82 Å². The Labute approximate surface area is 105 Å². The predicted molar refractivity (Wildman–Crippen MR) is 63.0 cm³/mol. The van der Waals surface area contributed by atoms with Crippen LogP contribution >= 0.6 is 0 Å². The second-order valence-corrected chi connectivity index (χ2v) is 6.01. The molecule has 0 bridgehead atoms. The van der Waals surface area contributed by atoms with Gasteiger partial charge in [-0.25, -0.2) is 17.5 Å². The van der Waals surface area contributed by atoms with Gasteiger partial charge in [0.05, 0.1) is 12.3 Å². The molecule has 100 valence electrons. The number of hydrogen-bond donors (Lipinski definition) is 1. The Morgan fingerprint density at radius 1 is 1.56 bits per heavy atom. The fourth-order valence-electron chi connectivity index (χ4n) is 1.92. The van der Waals surface area contributed by atoms with Crippen LogP contribution in [-0.4, -0.2) is 32.2 Å². The number of rotatable bonds is 4. The van der Waals surface area contributed by atoms with Crippen LogP contribution in [0.5, 0.6) is 0 Å². The highest BCUT2D eigenvalue weighted by atomic mass is 32.2. The van der Waals surface area contributed by atoms with Crippen LogP contribution < -0.4 is 4.72 Å². The monoisotopic (exact) mass is 274 g/mol. The Morgan fingerprint density at radius 3 is 2.94 bits per heavy atom. The maximum atomic E-state index is 13.0. The molecule has 1 aromatic rings. The molecule has 1 aliphatic rings. The molecule has 1 aliphatic heterocycles. The van der Waals surface area contributed by atoms with E-state index in [1.54, 1.807) is 6.92 Å². The molecule has 0 spiro atoms. The van der Waals surface area contributed by atoms with Crippen molar-refractivity contribution in [2.45, 2.75) is 36.8 Å². The lowest BCUT2D eigenvalue weighted by molar-refractivity contribution is 0.0902. The summed E-state index contributed by atoms with van der Waals surface area (Å²) in [5.74, 6) is -0.678. The third-order valence-corrected chi connectivity index (χ3v) is 4.38. The molecule has 1 N–H and O–H groups in total. The Hall–Kier alpha value is -1.05. The van der Waals surface area contributed by atoms with Gasteiger partial charge in [-0.3, -0.25) is 4.98 Å². The highest BCUT2D eigenvalue weighted by Crippen LogP contribution is 2.17. The molecule has 1 aromatic heterocycles. The molecule has 2 rings (SSSR count). The molecule has 0 amide bonds. The lowest BCUT2D eigenvalue weighted by Gasteiger charge is -2.19. The standard InChI is InChI=1S/C11H15FN2O3S/c1-8(11-3-2-4-17-11)14-18(15,16)10-5-9(12)6-13-7-10/h5-8,11,14H,2-4H2,1H3/t8-,11-/m0/s1. The van der Waals surface area contributed by atoms with E-state index < -0.39 is 15.8 Å². The van der Waals surface area contributed by atoms with Crippen molar-refractivity contribution in [3.63, 3.8) is 0 Å². The number of pyridine rings is 1. The van der Waals surface area contributed by atoms with Gasteiger partial charge in [-0.2, -0.15) is 0 Å². The minimum atomic E-state index is -3.75. The van der Waals surface area contributed by atoms with Gasteiger partial charge in [0.15, 0.2) is 0 Å². The van der Waals surface area contributed by atoms with Crippen LogP contribution in [0.1, 0.15) is 19.8 Å². The fraction of sp³-hybridized carbons (Fsp3) is 0.545. The molecule has 0 aliphatic carbocycles. The normalized spacial score (nSPS) is 22.0. The average Bonchev–Trinajstić information content (AvgIpc) is 2.82. The van der Waals surface area contributed by atoms with Gasteiger partial charge in [0, 0.05) is 18.8 Å². The van der Waals surface area contributed by atoms with Crippen LogP contribution in [0.15, 0.2) is 23.4 Å². The first kappa shape index (κ1) is 13.4. The highest BCUT2D eigenvalue weighted by Gasteiger charge is 2.27. The number of nitrogens with one attached hydrogen (secondary N) is 1. The van der Waals surface area contributed by atoms with Gasteiger partial charge in [-0.1, -0.05) is 0 Å². The Kier molecular flexibility index (Phi) is 3.94. The first-order valence-electron chi connectivity index (χ1n) is 5.73. The zero-order valence-corrected chi connectivity index (χ0v) is 10.8. The number of halogens is 1. The summed E-state index contributed by atoms with van der Waals surface area (Å²) in [5.41, 5.74) is 0. The van der Waals surface area contributed by atoms with Crippen molar-refractivity contribution < 1.29 is 17.5 Å². The molecule has 2 atom stereocenters. The lowest BCUT2D eigenvalue weighted by Crippen LogP contribution is -2.40. The third kappa shape index (κ3) is 3.04. The van der Waals surface area contributed by atoms with Crippen LogP contribution in [0.4, 0.5) is 4.39 Å². The van der Waals surface area contributed by atoms with Crippen LogP contribution in [0.2, 0.25) is 0 Å². The van der Waals surface area contributed by atoms with E-state index in [-0.39, 0.29) is 17.0 Å². The molecule has 0 aromatic carbocycles. The second kappa shape index (κ2) is 5.29. The van der Waals surface area contributed by atoms with Crippen molar-refractivity contribution in [1.82, 2.24) is 9.71 Å². The van der Waals surface area contributed by atoms with Gasteiger partial charge in [0.1, 0.15) is 10.7 Å².